The third-order valence-corrected chi connectivity index (χ3v) is 5.93. The minimum Gasteiger partial charge on any atom is -0.493 e. The van der Waals surface area contributed by atoms with Crippen LogP contribution >= 0.6 is 0 Å². The standard InChI is InChI=1S/C28H33FN2O5/c1-27(2,30)20-16-22(18-5-8-21(29)9-6-18)31-26(17-20)28(3,34)12-11-23(33)19-7-10-24(36-14-13-32)25(15-19)35-4/h5-10,15-17,32,34H,11-14,30H2,1-4H3. The maximum absolute atomic E-state index is 13.4. The normalized spacial score (nSPS) is 13.2. The van der Waals surface area contributed by atoms with Gasteiger partial charge in [-0.3, -0.25) is 4.79 Å². The first-order valence-electron chi connectivity index (χ1n) is 11.7. The maximum atomic E-state index is 13.4. The van der Waals surface area contributed by atoms with Crippen molar-refractivity contribution >= 4 is 5.78 Å². The highest BCUT2D eigenvalue weighted by molar-refractivity contribution is 5.96. The van der Waals surface area contributed by atoms with E-state index in [1.807, 2.05) is 19.9 Å². The van der Waals surface area contributed by atoms with Crippen molar-refractivity contribution in [2.75, 3.05) is 20.3 Å². The number of nitrogens with zero attached hydrogens (tertiary/aromatic N) is 1. The molecule has 2 aromatic carbocycles. The van der Waals surface area contributed by atoms with E-state index in [1.54, 1.807) is 43.3 Å². The molecule has 0 aliphatic rings. The average molecular weight is 497 g/mol. The number of nitrogens with two attached hydrogens (primary N) is 1. The molecule has 0 aliphatic heterocycles. The monoisotopic (exact) mass is 496 g/mol. The summed E-state index contributed by atoms with van der Waals surface area (Å²) < 4.78 is 24.2. The van der Waals surface area contributed by atoms with E-state index in [-0.39, 0.29) is 37.7 Å². The molecule has 1 heterocycles. The zero-order valence-corrected chi connectivity index (χ0v) is 21.0. The number of ketones is 1. The molecular formula is C28H33FN2O5. The molecule has 0 radical (unpaired) electrons. The molecule has 0 saturated heterocycles. The van der Waals surface area contributed by atoms with Crippen molar-refractivity contribution in [1.82, 2.24) is 4.98 Å². The Morgan fingerprint density at radius 3 is 2.36 bits per heavy atom. The topological polar surface area (TPSA) is 115 Å². The number of aromatic nitrogens is 1. The van der Waals surface area contributed by atoms with Gasteiger partial charge < -0.3 is 25.4 Å². The number of Topliss-reactive ketones (excluding diaryl/α,β-unsaturated/α-hetero) is 1. The molecule has 1 atom stereocenters. The molecule has 7 nitrogen and oxygen atoms in total. The number of hydrogen-bond acceptors (Lipinski definition) is 7. The van der Waals surface area contributed by atoms with Crippen molar-refractivity contribution in [3.05, 3.63) is 77.2 Å². The molecule has 0 bridgehead atoms. The van der Waals surface area contributed by atoms with Crippen molar-refractivity contribution in [3.63, 3.8) is 0 Å². The molecule has 3 aromatic rings. The van der Waals surface area contributed by atoms with Gasteiger partial charge in [0.1, 0.15) is 18.0 Å². The average Bonchev–Trinajstić information content (AvgIpc) is 2.85. The predicted octanol–water partition coefficient (Wildman–Crippen LogP) is 4.33. The van der Waals surface area contributed by atoms with Crippen LogP contribution in [0.4, 0.5) is 4.39 Å². The zero-order chi connectivity index (χ0) is 26.5. The highest BCUT2D eigenvalue weighted by atomic mass is 19.1. The first-order chi connectivity index (χ1) is 16.9. The van der Waals surface area contributed by atoms with E-state index in [2.05, 4.69) is 4.98 Å². The second-order valence-corrected chi connectivity index (χ2v) is 9.49. The highest BCUT2D eigenvalue weighted by Gasteiger charge is 2.29. The van der Waals surface area contributed by atoms with Crippen molar-refractivity contribution in [2.45, 2.75) is 44.8 Å². The number of carbonyl (C=O) groups excluding carboxylic acids is 1. The minimum atomic E-state index is -1.43. The summed E-state index contributed by atoms with van der Waals surface area (Å²) in [6, 6.07) is 14.3. The molecule has 0 aliphatic carbocycles. The Morgan fingerprint density at radius 1 is 1.06 bits per heavy atom. The van der Waals surface area contributed by atoms with E-state index in [1.165, 1.54) is 19.2 Å². The van der Waals surface area contributed by atoms with Crippen LogP contribution in [0.5, 0.6) is 11.5 Å². The fourth-order valence-corrected chi connectivity index (χ4v) is 3.69. The van der Waals surface area contributed by atoms with E-state index >= 15 is 0 Å². The van der Waals surface area contributed by atoms with E-state index < -0.39 is 11.1 Å². The highest BCUT2D eigenvalue weighted by Crippen LogP contribution is 2.33. The molecule has 0 fully saturated rings. The lowest BCUT2D eigenvalue weighted by molar-refractivity contribution is 0.0396. The maximum Gasteiger partial charge on any atom is 0.163 e. The van der Waals surface area contributed by atoms with Crippen LogP contribution in [0, 0.1) is 5.82 Å². The smallest absolute Gasteiger partial charge is 0.163 e. The lowest BCUT2D eigenvalue weighted by atomic mass is 9.88. The number of carbonyl (C=O) groups is 1. The molecule has 1 unspecified atom stereocenters. The summed E-state index contributed by atoms with van der Waals surface area (Å²) in [5, 5.41) is 20.3. The van der Waals surface area contributed by atoms with Gasteiger partial charge in [-0.2, -0.15) is 0 Å². The van der Waals surface area contributed by atoms with Crippen LogP contribution in [-0.4, -0.2) is 41.3 Å². The van der Waals surface area contributed by atoms with E-state index in [4.69, 9.17) is 20.3 Å². The quantitative estimate of drug-likeness (QED) is 0.339. The first-order valence-corrected chi connectivity index (χ1v) is 11.7. The number of pyridine rings is 1. The Balaban J connectivity index is 1.85. The van der Waals surface area contributed by atoms with Gasteiger partial charge in [0.15, 0.2) is 17.3 Å². The molecule has 4 N–H and O–H groups in total. The number of methoxy groups -OCH3 is 1. The van der Waals surface area contributed by atoms with E-state index in [0.717, 1.165) is 5.56 Å². The Labute approximate surface area is 210 Å². The second-order valence-electron chi connectivity index (χ2n) is 9.49. The third kappa shape index (κ3) is 6.66. The molecule has 0 spiro atoms. The van der Waals surface area contributed by atoms with Gasteiger partial charge in [-0.15, -0.1) is 0 Å². The van der Waals surface area contributed by atoms with E-state index in [0.29, 0.717) is 34.0 Å². The lowest BCUT2D eigenvalue weighted by Gasteiger charge is -2.27. The number of aliphatic hydroxyl groups is 2. The van der Waals surface area contributed by atoms with Crippen LogP contribution in [0.1, 0.15) is 55.2 Å². The number of benzene rings is 2. The number of hydrogen-bond donors (Lipinski definition) is 3. The van der Waals surface area contributed by atoms with Crippen LogP contribution in [-0.2, 0) is 11.1 Å². The van der Waals surface area contributed by atoms with Crippen molar-refractivity contribution in [1.29, 1.82) is 0 Å². The fourth-order valence-electron chi connectivity index (χ4n) is 3.69. The summed E-state index contributed by atoms with van der Waals surface area (Å²) in [6.07, 6.45) is 0.165. The second kappa shape index (κ2) is 11.2. The Hall–Kier alpha value is -3.33. The van der Waals surface area contributed by atoms with E-state index in [9.17, 15) is 14.3 Å². The number of halogens is 1. The molecular weight excluding hydrogens is 463 g/mol. The summed E-state index contributed by atoms with van der Waals surface area (Å²) in [4.78, 5) is 17.6. The van der Waals surface area contributed by atoms with Crippen LogP contribution in [0.3, 0.4) is 0 Å². The Kier molecular flexibility index (Phi) is 8.45. The molecule has 192 valence electrons. The van der Waals surface area contributed by atoms with Gasteiger partial charge in [-0.25, -0.2) is 9.37 Å². The summed E-state index contributed by atoms with van der Waals surface area (Å²) in [7, 11) is 1.47. The van der Waals surface area contributed by atoms with Gasteiger partial charge >= 0.3 is 0 Å². The zero-order valence-electron chi connectivity index (χ0n) is 21.0. The van der Waals surface area contributed by atoms with Crippen LogP contribution < -0.4 is 15.2 Å². The molecule has 3 rings (SSSR count). The van der Waals surface area contributed by atoms with Crippen molar-refractivity contribution < 1.29 is 28.9 Å². The van der Waals surface area contributed by atoms with Crippen LogP contribution in [0.2, 0.25) is 0 Å². The lowest BCUT2D eigenvalue weighted by Crippen LogP contribution is -2.31. The molecule has 0 saturated carbocycles. The summed E-state index contributed by atoms with van der Waals surface area (Å²) in [5.74, 6) is 0.263. The summed E-state index contributed by atoms with van der Waals surface area (Å²) in [5.41, 5.74) is 6.98. The number of aliphatic hydroxyl groups excluding tert-OH is 1. The van der Waals surface area contributed by atoms with Gasteiger partial charge in [0.2, 0.25) is 0 Å². The molecule has 36 heavy (non-hydrogen) atoms. The third-order valence-electron chi connectivity index (χ3n) is 5.93. The molecule has 8 heteroatoms. The van der Waals surface area contributed by atoms with Crippen LogP contribution in [0.15, 0.2) is 54.6 Å². The summed E-state index contributed by atoms with van der Waals surface area (Å²) >= 11 is 0. The number of ether oxygens (including phenoxy) is 2. The van der Waals surface area contributed by atoms with Gasteiger partial charge in [-0.1, -0.05) is 0 Å². The summed E-state index contributed by atoms with van der Waals surface area (Å²) in [6.45, 7) is 5.27. The first kappa shape index (κ1) is 27.3. The van der Waals surface area contributed by atoms with Crippen molar-refractivity contribution in [2.24, 2.45) is 5.73 Å². The van der Waals surface area contributed by atoms with Gasteiger partial charge in [0, 0.05) is 23.1 Å². The minimum absolute atomic E-state index is 0.0524. The van der Waals surface area contributed by atoms with Gasteiger partial charge in [0.05, 0.1) is 25.1 Å². The predicted molar refractivity (Wildman–Crippen MR) is 136 cm³/mol. The van der Waals surface area contributed by atoms with Gasteiger partial charge in [-0.05, 0) is 87.4 Å². The Morgan fingerprint density at radius 2 is 1.75 bits per heavy atom. The van der Waals surface area contributed by atoms with Crippen molar-refractivity contribution in [3.8, 4) is 22.8 Å². The largest absolute Gasteiger partial charge is 0.493 e. The Bertz CT molecular complexity index is 1200. The van der Waals surface area contributed by atoms with Gasteiger partial charge in [0.25, 0.3) is 0 Å². The molecule has 1 aromatic heterocycles. The SMILES string of the molecule is COc1cc(C(=O)CCC(C)(O)c2cc(C(C)(C)N)cc(-c3ccc(F)cc3)n2)ccc1OCCO. The molecule has 0 amide bonds. The fraction of sp³-hybridized carbons (Fsp3) is 0.357. The number of rotatable bonds is 11. The van der Waals surface area contributed by atoms with Crippen LogP contribution in [0.25, 0.3) is 11.3 Å².